The number of nitrogens with one attached hydrogen (secondary N) is 1. The predicted molar refractivity (Wildman–Crippen MR) is 138 cm³/mol. The van der Waals surface area contributed by atoms with Crippen molar-refractivity contribution in [3.05, 3.63) is 106 Å². The highest BCUT2D eigenvalue weighted by Gasteiger charge is 2.30. The number of halogens is 1. The number of rotatable bonds is 10. The average Bonchev–Trinajstić information content (AvgIpc) is 2.84. The van der Waals surface area contributed by atoms with Gasteiger partial charge in [-0.1, -0.05) is 74.5 Å². The van der Waals surface area contributed by atoms with E-state index in [0.29, 0.717) is 13.0 Å². The molecule has 2 amide bonds. The van der Waals surface area contributed by atoms with Crippen LogP contribution >= 0.6 is 0 Å². The Bertz CT molecular complexity index is 1130. The first kappa shape index (κ1) is 26.1. The third kappa shape index (κ3) is 7.78. The number of carbonyl (C=O) groups is 2. The van der Waals surface area contributed by atoms with Crippen LogP contribution in [0.2, 0.25) is 0 Å². The van der Waals surface area contributed by atoms with Gasteiger partial charge >= 0.3 is 0 Å². The lowest BCUT2D eigenvalue weighted by Crippen LogP contribution is -2.51. The maximum absolute atomic E-state index is 13.7. The van der Waals surface area contributed by atoms with Gasteiger partial charge < -0.3 is 10.2 Å². The lowest BCUT2D eigenvalue weighted by molar-refractivity contribution is -0.140. The highest BCUT2D eigenvalue weighted by atomic mass is 19.1. The van der Waals surface area contributed by atoms with Crippen molar-refractivity contribution in [3.63, 3.8) is 0 Å². The van der Waals surface area contributed by atoms with Crippen LogP contribution in [0.5, 0.6) is 0 Å². The summed E-state index contributed by atoms with van der Waals surface area (Å²) >= 11 is 0. The Morgan fingerprint density at radius 1 is 0.857 bits per heavy atom. The first-order valence-corrected chi connectivity index (χ1v) is 12.1. The summed E-state index contributed by atoms with van der Waals surface area (Å²) in [4.78, 5) is 28.8. The molecule has 1 atom stereocenters. The van der Waals surface area contributed by atoms with Crippen molar-refractivity contribution in [1.82, 2.24) is 10.2 Å². The molecule has 3 rings (SSSR count). The standard InChI is InChI=1S/C30H35FN2O2/c1-21(2)19-32-30(35)28(17-24-8-6-5-7-9-24)33(20-25-12-14-27(31)15-13-25)29(34)18-26-11-10-22(3)23(4)16-26/h5-16,21,28H,17-20H2,1-4H3,(H,32,35)/t28-/m1/s1. The molecule has 0 heterocycles. The first-order valence-electron chi connectivity index (χ1n) is 12.1. The van der Waals surface area contributed by atoms with E-state index in [1.807, 2.05) is 76.2 Å². The minimum absolute atomic E-state index is 0.141. The molecular weight excluding hydrogens is 439 g/mol. The molecule has 0 radical (unpaired) electrons. The molecule has 0 saturated carbocycles. The minimum Gasteiger partial charge on any atom is -0.354 e. The van der Waals surface area contributed by atoms with Gasteiger partial charge in [-0.15, -0.1) is 0 Å². The Morgan fingerprint density at radius 3 is 2.14 bits per heavy atom. The van der Waals surface area contributed by atoms with E-state index in [4.69, 9.17) is 0 Å². The fraction of sp³-hybridized carbons (Fsp3) is 0.333. The second kappa shape index (κ2) is 12.3. The molecule has 4 nitrogen and oxygen atoms in total. The summed E-state index contributed by atoms with van der Waals surface area (Å²) in [5, 5.41) is 3.02. The molecule has 0 saturated heterocycles. The summed E-state index contributed by atoms with van der Waals surface area (Å²) in [6.45, 7) is 8.88. The molecule has 35 heavy (non-hydrogen) atoms. The fourth-order valence-corrected chi connectivity index (χ4v) is 3.95. The Balaban J connectivity index is 1.95. The number of amides is 2. The largest absolute Gasteiger partial charge is 0.354 e. The fourth-order valence-electron chi connectivity index (χ4n) is 3.95. The van der Waals surface area contributed by atoms with Gasteiger partial charge in [-0.2, -0.15) is 0 Å². The van der Waals surface area contributed by atoms with Gasteiger partial charge in [0.15, 0.2) is 0 Å². The van der Waals surface area contributed by atoms with Crippen molar-refractivity contribution in [2.24, 2.45) is 5.92 Å². The Labute approximate surface area is 208 Å². The highest BCUT2D eigenvalue weighted by Crippen LogP contribution is 2.18. The van der Waals surface area contributed by atoms with Crippen molar-refractivity contribution < 1.29 is 14.0 Å². The van der Waals surface area contributed by atoms with Crippen molar-refractivity contribution >= 4 is 11.8 Å². The molecule has 0 aromatic heterocycles. The number of carbonyl (C=O) groups excluding carboxylic acids is 2. The average molecular weight is 475 g/mol. The topological polar surface area (TPSA) is 49.4 Å². The van der Waals surface area contributed by atoms with E-state index in [1.54, 1.807) is 17.0 Å². The van der Waals surface area contributed by atoms with E-state index >= 15 is 0 Å². The van der Waals surface area contributed by atoms with Crippen LogP contribution in [0.1, 0.15) is 41.7 Å². The molecule has 3 aromatic carbocycles. The minimum atomic E-state index is -0.694. The second-order valence-electron chi connectivity index (χ2n) is 9.59. The normalized spacial score (nSPS) is 11.8. The quantitative estimate of drug-likeness (QED) is 0.428. The molecule has 0 aliphatic rings. The van der Waals surface area contributed by atoms with Crippen LogP contribution in [0.25, 0.3) is 0 Å². The van der Waals surface area contributed by atoms with Crippen LogP contribution in [0.3, 0.4) is 0 Å². The smallest absolute Gasteiger partial charge is 0.243 e. The van der Waals surface area contributed by atoms with Crippen molar-refractivity contribution in [2.75, 3.05) is 6.54 Å². The maximum atomic E-state index is 13.7. The molecule has 5 heteroatoms. The van der Waals surface area contributed by atoms with E-state index in [1.165, 1.54) is 17.7 Å². The SMILES string of the molecule is Cc1ccc(CC(=O)N(Cc2ccc(F)cc2)[C@H](Cc2ccccc2)C(=O)NCC(C)C)cc1C. The number of hydrogen-bond acceptors (Lipinski definition) is 2. The van der Waals surface area contributed by atoms with Crippen LogP contribution < -0.4 is 5.32 Å². The van der Waals surface area contributed by atoms with Gasteiger partial charge in [0.2, 0.25) is 11.8 Å². The summed E-state index contributed by atoms with van der Waals surface area (Å²) in [7, 11) is 0. The van der Waals surface area contributed by atoms with Gasteiger partial charge in [-0.25, -0.2) is 4.39 Å². The Morgan fingerprint density at radius 2 is 1.51 bits per heavy atom. The number of benzene rings is 3. The van der Waals surface area contributed by atoms with Gasteiger partial charge in [0.25, 0.3) is 0 Å². The van der Waals surface area contributed by atoms with Gasteiger partial charge in [0, 0.05) is 19.5 Å². The Hall–Kier alpha value is -3.47. The molecular formula is C30H35FN2O2. The van der Waals surface area contributed by atoms with Crippen LogP contribution in [-0.2, 0) is 29.0 Å². The molecule has 0 aliphatic heterocycles. The van der Waals surface area contributed by atoms with Crippen LogP contribution in [-0.4, -0.2) is 29.3 Å². The summed E-state index contributed by atoms with van der Waals surface area (Å²) in [6, 6.07) is 21.1. The number of aryl methyl sites for hydroxylation is 2. The highest BCUT2D eigenvalue weighted by molar-refractivity contribution is 5.88. The van der Waals surface area contributed by atoms with Gasteiger partial charge in [0.05, 0.1) is 6.42 Å². The van der Waals surface area contributed by atoms with Crippen LogP contribution in [0.15, 0.2) is 72.8 Å². The monoisotopic (exact) mass is 474 g/mol. The third-order valence-electron chi connectivity index (χ3n) is 6.15. The zero-order chi connectivity index (χ0) is 25.4. The molecule has 0 fully saturated rings. The van der Waals surface area contributed by atoms with E-state index in [9.17, 15) is 14.0 Å². The van der Waals surface area contributed by atoms with E-state index < -0.39 is 6.04 Å². The molecule has 184 valence electrons. The van der Waals surface area contributed by atoms with Crippen LogP contribution in [0.4, 0.5) is 4.39 Å². The summed E-state index contributed by atoms with van der Waals surface area (Å²) in [5.74, 6) is -0.373. The molecule has 0 aliphatic carbocycles. The van der Waals surface area contributed by atoms with Crippen LogP contribution in [0, 0.1) is 25.6 Å². The second-order valence-corrected chi connectivity index (χ2v) is 9.59. The number of nitrogens with zero attached hydrogens (tertiary/aromatic N) is 1. The van der Waals surface area contributed by atoms with E-state index in [0.717, 1.165) is 22.3 Å². The first-order chi connectivity index (χ1) is 16.7. The molecule has 0 spiro atoms. The molecule has 1 N–H and O–H groups in total. The van der Waals surface area contributed by atoms with E-state index in [-0.39, 0.29) is 36.5 Å². The van der Waals surface area contributed by atoms with Gasteiger partial charge in [0.1, 0.15) is 11.9 Å². The van der Waals surface area contributed by atoms with Crippen molar-refractivity contribution in [2.45, 2.75) is 53.1 Å². The maximum Gasteiger partial charge on any atom is 0.243 e. The van der Waals surface area contributed by atoms with Gasteiger partial charge in [-0.05, 0) is 59.7 Å². The van der Waals surface area contributed by atoms with E-state index in [2.05, 4.69) is 5.32 Å². The third-order valence-corrected chi connectivity index (χ3v) is 6.15. The van der Waals surface area contributed by atoms with Crippen molar-refractivity contribution in [3.8, 4) is 0 Å². The lowest BCUT2D eigenvalue weighted by Gasteiger charge is -2.32. The summed E-state index contributed by atoms with van der Waals surface area (Å²) < 4.78 is 13.5. The predicted octanol–water partition coefficient (Wildman–Crippen LogP) is 5.40. The number of hydrogen-bond donors (Lipinski definition) is 1. The van der Waals surface area contributed by atoms with Crippen molar-refractivity contribution in [1.29, 1.82) is 0 Å². The van der Waals surface area contributed by atoms with Gasteiger partial charge in [-0.3, -0.25) is 9.59 Å². The summed E-state index contributed by atoms with van der Waals surface area (Å²) in [5.41, 5.74) is 4.94. The zero-order valence-electron chi connectivity index (χ0n) is 21.1. The summed E-state index contributed by atoms with van der Waals surface area (Å²) in [6.07, 6.45) is 0.579. The molecule has 3 aromatic rings. The Kier molecular flexibility index (Phi) is 9.18. The zero-order valence-corrected chi connectivity index (χ0v) is 21.1. The molecule has 0 bridgehead atoms. The lowest BCUT2D eigenvalue weighted by atomic mass is 10.00. The molecule has 0 unspecified atom stereocenters.